The molecule has 1 aliphatic rings. The zero-order valence-electron chi connectivity index (χ0n) is 12.8. The van der Waals surface area contributed by atoms with Crippen LogP contribution in [-0.4, -0.2) is 29.8 Å². The van der Waals surface area contributed by atoms with Crippen molar-refractivity contribution in [3.05, 3.63) is 55.9 Å². The topological polar surface area (TPSA) is 20.3 Å². The first kappa shape index (κ1) is 15.4. The van der Waals surface area contributed by atoms with Gasteiger partial charge in [-0.3, -0.25) is 9.69 Å². The van der Waals surface area contributed by atoms with E-state index in [1.54, 1.807) is 22.7 Å². The third kappa shape index (κ3) is 3.46. The molecule has 2 nitrogen and oxygen atoms in total. The van der Waals surface area contributed by atoms with E-state index in [0.29, 0.717) is 6.04 Å². The summed E-state index contributed by atoms with van der Waals surface area (Å²) in [7, 11) is 0. The number of thiophene rings is 2. The number of hydrogen-bond donors (Lipinski definition) is 0. The molecule has 1 saturated heterocycles. The Bertz CT molecular complexity index is 637. The summed E-state index contributed by atoms with van der Waals surface area (Å²) in [5, 5.41) is 4.09. The molecule has 114 valence electrons. The molecule has 0 atom stereocenters. The molecular weight excluding hydrogens is 310 g/mol. The fraction of sp³-hybridized carbons (Fsp3) is 0.278. The lowest BCUT2D eigenvalue weighted by Crippen LogP contribution is -2.41. The lowest BCUT2D eigenvalue weighted by atomic mass is 9.95. The average molecular weight is 329 g/mol. The molecule has 4 heteroatoms. The van der Waals surface area contributed by atoms with E-state index in [0.717, 1.165) is 34.0 Å². The second kappa shape index (κ2) is 6.73. The van der Waals surface area contributed by atoms with Crippen molar-refractivity contribution in [3.63, 3.8) is 0 Å². The molecule has 0 radical (unpaired) electrons. The SMILES string of the molecule is CC(C)N1C/C(=C/c2cccs2)C(=O)/C(=C/c2cccs2)C1. The summed E-state index contributed by atoms with van der Waals surface area (Å²) in [4.78, 5) is 17.4. The van der Waals surface area contributed by atoms with E-state index in [-0.39, 0.29) is 5.78 Å². The third-order valence-electron chi connectivity index (χ3n) is 3.78. The van der Waals surface area contributed by atoms with E-state index in [9.17, 15) is 4.79 Å². The molecule has 0 aliphatic carbocycles. The van der Waals surface area contributed by atoms with Crippen molar-refractivity contribution in [2.45, 2.75) is 19.9 Å². The summed E-state index contributed by atoms with van der Waals surface area (Å²) in [6, 6.07) is 8.58. The van der Waals surface area contributed by atoms with Crippen LogP contribution >= 0.6 is 22.7 Å². The normalized spacial score (nSPS) is 20.4. The predicted octanol–water partition coefficient (Wildman–Crippen LogP) is 4.57. The number of ketones is 1. The van der Waals surface area contributed by atoms with Crippen LogP contribution < -0.4 is 0 Å². The molecule has 1 fully saturated rings. The van der Waals surface area contributed by atoms with Crippen molar-refractivity contribution in [3.8, 4) is 0 Å². The van der Waals surface area contributed by atoms with Gasteiger partial charge >= 0.3 is 0 Å². The van der Waals surface area contributed by atoms with Gasteiger partial charge in [-0.2, -0.15) is 0 Å². The van der Waals surface area contributed by atoms with Gasteiger partial charge in [0.05, 0.1) is 0 Å². The maximum absolute atomic E-state index is 12.8. The summed E-state index contributed by atoms with van der Waals surface area (Å²) in [6.07, 6.45) is 4.09. The lowest BCUT2D eigenvalue weighted by Gasteiger charge is -2.32. The van der Waals surface area contributed by atoms with Gasteiger partial charge in [-0.15, -0.1) is 22.7 Å². The Morgan fingerprint density at radius 3 is 1.86 bits per heavy atom. The molecule has 3 rings (SSSR count). The minimum Gasteiger partial charge on any atom is -0.292 e. The van der Waals surface area contributed by atoms with Gasteiger partial charge in [0, 0.05) is 40.0 Å². The van der Waals surface area contributed by atoms with Gasteiger partial charge in [0.15, 0.2) is 5.78 Å². The smallest absolute Gasteiger partial charge is 0.187 e. The number of nitrogens with zero attached hydrogens (tertiary/aromatic N) is 1. The van der Waals surface area contributed by atoms with Crippen molar-refractivity contribution in [2.24, 2.45) is 0 Å². The Kier molecular flexibility index (Phi) is 4.71. The summed E-state index contributed by atoms with van der Waals surface area (Å²) in [6.45, 7) is 5.83. The largest absolute Gasteiger partial charge is 0.292 e. The van der Waals surface area contributed by atoms with E-state index in [1.807, 2.05) is 35.0 Å². The first-order chi connectivity index (χ1) is 10.6. The van der Waals surface area contributed by atoms with Gasteiger partial charge in [0.2, 0.25) is 0 Å². The number of Topliss-reactive ketones (excluding diaryl/α,β-unsaturated/α-hetero) is 1. The standard InChI is InChI=1S/C18H19NOS2/c1-13(2)19-11-14(9-16-5-3-7-21-16)18(20)15(12-19)10-17-6-4-8-22-17/h3-10,13H,11-12H2,1-2H3/b14-9-,15-10+. The summed E-state index contributed by atoms with van der Waals surface area (Å²) in [5.41, 5.74) is 1.79. The molecule has 2 aromatic rings. The molecule has 3 heterocycles. The zero-order chi connectivity index (χ0) is 15.5. The van der Waals surface area contributed by atoms with Crippen LogP contribution in [0, 0.1) is 0 Å². The van der Waals surface area contributed by atoms with Gasteiger partial charge < -0.3 is 0 Å². The Morgan fingerprint density at radius 2 is 1.50 bits per heavy atom. The first-order valence-electron chi connectivity index (χ1n) is 7.40. The fourth-order valence-corrected chi connectivity index (χ4v) is 3.88. The fourth-order valence-electron chi connectivity index (χ4n) is 2.52. The Balaban J connectivity index is 1.95. The highest BCUT2D eigenvalue weighted by atomic mass is 32.1. The molecule has 0 unspecified atom stereocenters. The molecule has 0 spiro atoms. The maximum Gasteiger partial charge on any atom is 0.187 e. The second-order valence-electron chi connectivity index (χ2n) is 5.70. The number of carbonyl (C=O) groups excluding carboxylic acids is 1. The van der Waals surface area contributed by atoms with Gasteiger partial charge in [0.25, 0.3) is 0 Å². The van der Waals surface area contributed by atoms with Crippen LogP contribution in [0.15, 0.2) is 46.2 Å². The minimum atomic E-state index is 0.193. The monoisotopic (exact) mass is 329 g/mol. The molecular formula is C18H19NOS2. The van der Waals surface area contributed by atoms with Crippen LogP contribution in [0.2, 0.25) is 0 Å². The number of rotatable bonds is 3. The van der Waals surface area contributed by atoms with E-state index >= 15 is 0 Å². The van der Waals surface area contributed by atoms with Crippen molar-refractivity contribution in [2.75, 3.05) is 13.1 Å². The maximum atomic E-state index is 12.8. The summed E-state index contributed by atoms with van der Waals surface area (Å²) < 4.78 is 0. The Morgan fingerprint density at radius 1 is 1.00 bits per heavy atom. The van der Waals surface area contributed by atoms with Crippen LogP contribution in [0.1, 0.15) is 23.6 Å². The predicted molar refractivity (Wildman–Crippen MR) is 96.3 cm³/mol. The first-order valence-corrected chi connectivity index (χ1v) is 9.16. The van der Waals surface area contributed by atoms with Crippen LogP contribution in [0.3, 0.4) is 0 Å². The Labute approximate surface area is 139 Å². The van der Waals surface area contributed by atoms with Crippen LogP contribution in [0.25, 0.3) is 12.2 Å². The molecule has 0 saturated carbocycles. The van der Waals surface area contributed by atoms with Gasteiger partial charge in [0.1, 0.15) is 0 Å². The third-order valence-corrected chi connectivity index (χ3v) is 5.42. The van der Waals surface area contributed by atoms with Gasteiger partial charge in [-0.05, 0) is 48.9 Å². The lowest BCUT2D eigenvalue weighted by molar-refractivity contribution is -0.113. The average Bonchev–Trinajstić information content (AvgIpc) is 3.16. The molecule has 0 aromatic carbocycles. The molecule has 22 heavy (non-hydrogen) atoms. The van der Waals surface area contributed by atoms with E-state index in [1.165, 1.54) is 0 Å². The van der Waals surface area contributed by atoms with Crippen LogP contribution in [0.4, 0.5) is 0 Å². The number of hydrogen-bond acceptors (Lipinski definition) is 4. The molecule has 2 aromatic heterocycles. The van der Waals surface area contributed by atoms with Crippen molar-refractivity contribution in [1.82, 2.24) is 4.90 Å². The number of carbonyl (C=O) groups is 1. The van der Waals surface area contributed by atoms with Crippen molar-refractivity contribution >= 4 is 40.6 Å². The highest BCUT2D eigenvalue weighted by Gasteiger charge is 2.27. The molecule has 0 N–H and O–H groups in total. The highest BCUT2D eigenvalue weighted by Crippen LogP contribution is 2.25. The van der Waals surface area contributed by atoms with E-state index in [4.69, 9.17) is 0 Å². The van der Waals surface area contributed by atoms with Gasteiger partial charge in [-0.25, -0.2) is 0 Å². The zero-order valence-corrected chi connectivity index (χ0v) is 14.4. The number of likely N-dealkylation sites (tertiary alicyclic amines) is 1. The quantitative estimate of drug-likeness (QED) is 0.769. The van der Waals surface area contributed by atoms with Gasteiger partial charge in [-0.1, -0.05) is 12.1 Å². The van der Waals surface area contributed by atoms with Crippen LogP contribution in [0.5, 0.6) is 0 Å². The van der Waals surface area contributed by atoms with Crippen molar-refractivity contribution in [1.29, 1.82) is 0 Å². The second-order valence-corrected chi connectivity index (χ2v) is 7.66. The molecule has 1 aliphatic heterocycles. The Hall–Kier alpha value is -1.49. The minimum absolute atomic E-state index is 0.193. The highest BCUT2D eigenvalue weighted by molar-refractivity contribution is 7.11. The van der Waals surface area contributed by atoms with E-state index < -0.39 is 0 Å². The molecule has 0 bridgehead atoms. The van der Waals surface area contributed by atoms with E-state index in [2.05, 4.69) is 30.9 Å². The summed E-state index contributed by atoms with van der Waals surface area (Å²) in [5.74, 6) is 0.193. The molecule has 0 amide bonds. The van der Waals surface area contributed by atoms with Crippen LogP contribution in [-0.2, 0) is 4.79 Å². The van der Waals surface area contributed by atoms with Crippen molar-refractivity contribution < 1.29 is 4.79 Å². The number of piperidine rings is 1. The summed E-state index contributed by atoms with van der Waals surface area (Å²) >= 11 is 3.34.